The van der Waals surface area contributed by atoms with Crippen LogP contribution < -0.4 is 16.0 Å². The number of amides is 1. The third kappa shape index (κ3) is 7.24. The second kappa shape index (κ2) is 10.7. The zero-order chi connectivity index (χ0) is 25.8. The average molecular weight is 505 g/mol. The van der Waals surface area contributed by atoms with Crippen molar-refractivity contribution in [3.8, 4) is 6.07 Å². The maximum atomic E-state index is 14.2. The van der Waals surface area contributed by atoms with E-state index in [-0.39, 0.29) is 23.2 Å². The lowest BCUT2D eigenvalue weighted by molar-refractivity contribution is -0.00178. The number of halogens is 2. The highest BCUT2D eigenvalue weighted by Crippen LogP contribution is 2.31. The molecule has 0 aliphatic heterocycles. The number of alkyl halides is 1. The Morgan fingerprint density at radius 1 is 1.34 bits per heavy atom. The van der Waals surface area contributed by atoms with Gasteiger partial charge in [0.15, 0.2) is 0 Å². The molecule has 11 heteroatoms. The Kier molecular flexibility index (Phi) is 8.15. The lowest BCUT2D eigenvalue weighted by Gasteiger charge is -2.34. The van der Waals surface area contributed by atoms with Crippen LogP contribution in [-0.2, 0) is 0 Å². The number of nitrogens with one attached hydrogen (secondary N) is 3. The zero-order valence-electron chi connectivity index (χ0n) is 19.9. The highest BCUT2D eigenvalue weighted by Gasteiger charge is 2.30. The first-order chi connectivity index (χ1) is 16.4. The van der Waals surface area contributed by atoms with Gasteiger partial charge >= 0.3 is 0 Å². The number of carbonyl (C=O) groups excluding carboxylic acids is 1. The number of carbonyl (C=O) groups is 1. The van der Waals surface area contributed by atoms with E-state index < -0.39 is 23.3 Å². The van der Waals surface area contributed by atoms with Crippen molar-refractivity contribution in [2.45, 2.75) is 69.9 Å². The molecule has 9 nitrogen and oxygen atoms in total. The van der Waals surface area contributed by atoms with Gasteiger partial charge in [0.25, 0.3) is 5.91 Å². The van der Waals surface area contributed by atoms with Gasteiger partial charge in [-0.05, 0) is 52.5 Å². The molecule has 0 radical (unpaired) electrons. The Bertz CT molecular complexity index is 1110. The summed E-state index contributed by atoms with van der Waals surface area (Å²) in [5, 5.41) is 38.1. The number of nitrogens with zero attached hydrogens (tertiary/aromatic N) is 3. The first-order valence-corrected chi connectivity index (χ1v) is 11.7. The topological polar surface area (TPSA) is 143 Å². The van der Waals surface area contributed by atoms with Crippen molar-refractivity contribution < 1.29 is 19.4 Å². The van der Waals surface area contributed by atoms with Crippen LogP contribution in [0.2, 0.25) is 5.02 Å². The second-order valence-electron chi connectivity index (χ2n) is 9.65. The van der Waals surface area contributed by atoms with Crippen molar-refractivity contribution in [2.75, 3.05) is 17.2 Å². The van der Waals surface area contributed by atoms with Crippen LogP contribution in [0, 0.1) is 11.3 Å². The molecule has 0 saturated heterocycles. The van der Waals surface area contributed by atoms with Crippen LogP contribution in [0.25, 0.3) is 0 Å². The van der Waals surface area contributed by atoms with E-state index in [1.807, 2.05) is 6.07 Å². The molecule has 2 aromatic rings. The Balaban J connectivity index is 1.83. The first-order valence-electron chi connectivity index (χ1n) is 11.3. The number of pyridine rings is 2. The number of hydrogen-bond acceptors (Lipinski definition) is 8. The molecule has 1 aliphatic carbocycles. The Morgan fingerprint density at radius 2 is 2.03 bits per heavy atom. The molecule has 0 spiro atoms. The van der Waals surface area contributed by atoms with E-state index in [2.05, 4.69) is 25.9 Å². The van der Waals surface area contributed by atoms with Crippen LogP contribution in [0.3, 0.4) is 0 Å². The summed E-state index contributed by atoms with van der Waals surface area (Å²) in [6.45, 7) is 4.11. The largest absolute Gasteiger partial charge is 0.390 e. The maximum Gasteiger partial charge on any atom is 0.255 e. The fourth-order valence-corrected chi connectivity index (χ4v) is 3.88. The molecule has 1 fully saturated rings. The molecular formula is C24H30ClFN6O3. The highest BCUT2D eigenvalue weighted by atomic mass is 35.5. The first kappa shape index (κ1) is 26.6. The minimum absolute atomic E-state index is 0.0129. The molecule has 2 heterocycles. The number of anilines is 3. The van der Waals surface area contributed by atoms with Gasteiger partial charge in [-0.1, -0.05) is 11.6 Å². The fraction of sp³-hybridized carbons (Fsp3) is 0.500. The standard InChI is InChI=1S/C24H30ClFN6O3/c1-23(2,34)19(26)13-30-22(33)16-12-28-20(32-21-17(25)8-14(10-27)11-29-21)9-18(16)31-15-4-6-24(3,35)7-5-15/h8-9,11-12,15,19,34-35H,4-7,13H2,1-3H3,(H,30,33)(H2,28,29,31,32)/t15-,19-,24+/m1/s1. The van der Waals surface area contributed by atoms with Gasteiger partial charge in [-0.3, -0.25) is 4.79 Å². The molecule has 1 saturated carbocycles. The third-order valence-corrected chi connectivity index (χ3v) is 6.28. The number of rotatable bonds is 8. The van der Waals surface area contributed by atoms with Gasteiger partial charge in [0.1, 0.15) is 23.9 Å². The van der Waals surface area contributed by atoms with Gasteiger partial charge in [0.05, 0.1) is 39.6 Å². The number of aliphatic hydroxyl groups is 2. The Morgan fingerprint density at radius 3 is 2.63 bits per heavy atom. The van der Waals surface area contributed by atoms with E-state index in [0.717, 1.165) is 0 Å². The van der Waals surface area contributed by atoms with Crippen molar-refractivity contribution in [2.24, 2.45) is 0 Å². The van der Waals surface area contributed by atoms with Crippen molar-refractivity contribution in [3.63, 3.8) is 0 Å². The Hall–Kier alpha value is -3.00. The fourth-order valence-electron chi connectivity index (χ4n) is 3.67. The van der Waals surface area contributed by atoms with Crippen LogP contribution in [0.4, 0.5) is 21.7 Å². The van der Waals surface area contributed by atoms with Crippen molar-refractivity contribution in [1.29, 1.82) is 5.26 Å². The molecule has 2 aromatic heterocycles. The molecule has 188 valence electrons. The lowest BCUT2D eigenvalue weighted by Crippen LogP contribution is -2.42. The summed E-state index contributed by atoms with van der Waals surface area (Å²) < 4.78 is 14.2. The third-order valence-electron chi connectivity index (χ3n) is 6.00. The SMILES string of the molecule is CC(C)(O)[C@H](F)CNC(=O)c1cnc(Nc2ncc(C#N)cc2Cl)cc1N[C@H]1CC[C@@](C)(O)CC1. The summed E-state index contributed by atoms with van der Waals surface area (Å²) in [6.07, 6.45) is 3.71. The van der Waals surface area contributed by atoms with Crippen molar-refractivity contribution in [1.82, 2.24) is 15.3 Å². The van der Waals surface area contributed by atoms with Crippen LogP contribution in [-0.4, -0.2) is 56.0 Å². The monoisotopic (exact) mass is 504 g/mol. The van der Waals surface area contributed by atoms with Gasteiger partial charge in [-0.25, -0.2) is 14.4 Å². The molecule has 3 rings (SSSR count). The molecule has 35 heavy (non-hydrogen) atoms. The van der Waals surface area contributed by atoms with Crippen LogP contribution >= 0.6 is 11.6 Å². The van der Waals surface area contributed by atoms with E-state index in [1.165, 1.54) is 32.3 Å². The van der Waals surface area contributed by atoms with Gasteiger partial charge in [-0.15, -0.1) is 0 Å². The summed E-state index contributed by atoms with van der Waals surface area (Å²) in [7, 11) is 0. The van der Waals surface area contributed by atoms with E-state index in [1.54, 1.807) is 13.0 Å². The summed E-state index contributed by atoms with van der Waals surface area (Å²) in [6, 6.07) is 5.08. The van der Waals surface area contributed by atoms with Gasteiger partial charge in [0.2, 0.25) is 0 Å². The summed E-state index contributed by atoms with van der Waals surface area (Å²) in [4.78, 5) is 21.3. The number of aromatic nitrogens is 2. The maximum absolute atomic E-state index is 14.2. The highest BCUT2D eigenvalue weighted by molar-refractivity contribution is 6.33. The van der Waals surface area contributed by atoms with E-state index in [0.29, 0.717) is 48.6 Å². The molecule has 5 N–H and O–H groups in total. The zero-order valence-corrected chi connectivity index (χ0v) is 20.7. The second-order valence-corrected chi connectivity index (χ2v) is 10.1. The van der Waals surface area contributed by atoms with Crippen LogP contribution in [0.15, 0.2) is 24.5 Å². The van der Waals surface area contributed by atoms with Gasteiger partial charge in [0, 0.05) is 24.5 Å². The van der Waals surface area contributed by atoms with Crippen LogP contribution in [0.5, 0.6) is 0 Å². The van der Waals surface area contributed by atoms with E-state index in [9.17, 15) is 19.4 Å². The quantitative estimate of drug-likeness (QED) is 0.366. The minimum Gasteiger partial charge on any atom is -0.390 e. The molecular weight excluding hydrogens is 475 g/mol. The van der Waals surface area contributed by atoms with Gasteiger partial charge in [-0.2, -0.15) is 5.26 Å². The summed E-state index contributed by atoms with van der Waals surface area (Å²) >= 11 is 6.21. The molecule has 0 unspecified atom stereocenters. The normalized spacial score (nSPS) is 21.0. The molecule has 0 aromatic carbocycles. The predicted molar refractivity (Wildman–Crippen MR) is 132 cm³/mol. The van der Waals surface area contributed by atoms with Gasteiger partial charge < -0.3 is 26.2 Å². The molecule has 1 amide bonds. The van der Waals surface area contributed by atoms with Crippen molar-refractivity contribution >= 4 is 34.8 Å². The number of hydrogen-bond donors (Lipinski definition) is 5. The minimum atomic E-state index is -1.65. The van der Waals surface area contributed by atoms with E-state index in [4.69, 9.17) is 16.9 Å². The molecule has 0 bridgehead atoms. The van der Waals surface area contributed by atoms with Crippen molar-refractivity contribution in [3.05, 3.63) is 40.7 Å². The summed E-state index contributed by atoms with van der Waals surface area (Å²) in [5.41, 5.74) is -1.32. The smallest absolute Gasteiger partial charge is 0.255 e. The molecule has 1 aliphatic rings. The predicted octanol–water partition coefficient (Wildman–Crippen LogP) is 3.69. The lowest BCUT2D eigenvalue weighted by atomic mass is 9.83. The van der Waals surface area contributed by atoms with E-state index >= 15 is 0 Å². The summed E-state index contributed by atoms with van der Waals surface area (Å²) in [5.74, 6) is 0.0992. The average Bonchev–Trinajstić information content (AvgIpc) is 2.79. The molecule has 1 atom stereocenters. The van der Waals surface area contributed by atoms with Crippen LogP contribution in [0.1, 0.15) is 62.4 Å². The Labute approximate surface area is 208 Å². The number of nitriles is 1.